The van der Waals surface area contributed by atoms with Crippen LogP contribution in [0.1, 0.15) is 26.7 Å². The highest BCUT2D eigenvalue weighted by Crippen LogP contribution is 1.90. The summed E-state index contributed by atoms with van der Waals surface area (Å²) in [6, 6.07) is 0. The Morgan fingerprint density at radius 3 is 2.00 bits per heavy atom. The summed E-state index contributed by atoms with van der Waals surface area (Å²) in [5.41, 5.74) is 1.11. The Kier molecular flexibility index (Phi) is 4.13. The summed E-state index contributed by atoms with van der Waals surface area (Å²) in [6.45, 7) is 7.38. The van der Waals surface area contributed by atoms with E-state index in [1.165, 1.54) is 0 Å². The number of hydrogen-bond donors (Lipinski definition) is 0. The highest BCUT2D eigenvalue weighted by atomic mass is 15.2. The normalized spacial score (nSPS) is 8.25. The average molecular weight is 112 g/mol. The standard InChI is InChI=1S/C6H12N2/c1-4-6(5-2)8-7-3/h3-5H2,1-2H3. The quantitative estimate of drug-likeness (QED) is 0.393. The van der Waals surface area contributed by atoms with Crippen LogP contribution in [0.3, 0.4) is 0 Å². The smallest absolute Gasteiger partial charge is 0.0400 e. The molecular formula is C6H12N2. The molecule has 8 heavy (non-hydrogen) atoms. The molecule has 0 aromatic heterocycles. The van der Waals surface area contributed by atoms with Crippen LogP contribution in [0.4, 0.5) is 0 Å². The van der Waals surface area contributed by atoms with Crippen molar-refractivity contribution in [1.82, 2.24) is 0 Å². The Hall–Kier alpha value is -0.660. The van der Waals surface area contributed by atoms with Gasteiger partial charge in [0.15, 0.2) is 0 Å². The predicted molar refractivity (Wildman–Crippen MR) is 37.6 cm³/mol. The van der Waals surface area contributed by atoms with Gasteiger partial charge >= 0.3 is 0 Å². The molecule has 0 amide bonds. The van der Waals surface area contributed by atoms with Crippen LogP contribution in [0.15, 0.2) is 10.2 Å². The van der Waals surface area contributed by atoms with E-state index in [9.17, 15) is 0 Å². The molecule has 0 radical (unpaired) electrons. The molecule has 0 heterocycles. The molecule has 0 aliphatic carbocycles. The topological polar surface area (TPSA) is 24.7 Å². The maximum Gasteiger partial charge on any atom is 0.0400 e. The van der Waals surface area contributed by atoms with E-state index in [4.69, 9.17) is 0 Å². The van der Waals surface area contributed by atoms with Crippen LogP contribution < -0.4 is 0 Å². The molecule has 0 saturated heterocycles. The zero-order valence-corrected chi connectivity index (χ0v) is 5.52. The summed E-state index contributed by atoms with van der Waals surface area (Å²) in [5, 5.41) is 7.21. The second kappa shape index (κ2) is 4.50. The van der Waals surface area contributed by atoms with Gasteiger partial charge in [-0.25, -0.2) is 0 Å². The van der Waals surface area contributed by atoms with E-state index in [2.05, 4.69) is 30.8 Å². The molecule has 0 atom stereocenters. The molecule has 0 aromatic rings. The molecule has 0 aliphatic heterocycles. The maximum atomic E-state index is 3.79. The zero-order valence-electron chi connectivity index (χ0n) is 5.52. The van der Waals surface area contributed by atoms with Crippen LogP contribution >= 0.6 is 0 Å². The van der Waals surface area contributed by atoms with E-state index in [1.54, 1.807) is 0 Å². The molecule has 0 aromatic carbocycles. The summed E-state index contributed by atoms with van der Waals surface area (Å²) >= 11 is 0. The van der Waals surface area contributed by atoms with Crippen LogP contribution in [0.25, 0.3) is 0 Å². The summed E-state index contributed by atoms with van der Waals surface area (Å²) in [7, 11) is 0. The lowest BCUT2D eigenvalue weighted by atomic mass is 10.2. The zero-order chi connectivity index (χ0) is 6.41. The number of nitrogens with zero attached hydrogens (tertiary/aromatic N) is 2. The molecule has 0 rings (SSSR count). The molecule has 0 unspecified atom stereocenters. The molecule has 0 fully saturated rings. The SMILES string of the molecule is C=NN=C(CC)CC. The minimum absolute atomic E-state index is 0.982. The third-order valence-corrected chi connectivity index (χ3v) is 1.03. The average Bonchev–Trinajstić information content (AvgIpc) is 1.83. The number of hydrogen-bond acceptors (Lipinski definition) is 2. The van der Waals surface area contributed by atoms with Crippen molar-refractivity contribution in [2.75, 3.05) is 0 Å². The molecule has 2 nitrogen and oxygen atoms in total. The predicted octanol–water partition coefficient (Wildman–Crippen LogP) is 1.86. The number of rotatable bonds is 3. The maximum absolute atomic E-state index is 3.79. The lowest BCUT2D eigenvalue weighted by molar-refractivity contribution is 1.10. The van der Waals surface area contributed by atoms with E-state index >= 15 is 0 Å². The van der Waals surface area contributed by atoms with Gasteiger partial charge in [-0.15, -0.1) is 0 Å². The van der Waals surface area contributed by atoms with E-state index in [1.807, 2.05) is 0 Å². The lowest BCUT2D eigenvalue weighted by Crippen LogP contribution is -1.90. The van der Waals surface area contributed by atoms with E-state index in [0.29, 0.717) is 0 Å². The van der Waals surface area contributed by atoms with Crippen molar-refractivity contribution in [1.29, 1.82) is 0 Å². The van der Waals surface area contributed by atoms with Gasteiger partial charge in [0.25, 0.3) is 0 Å². The van der Waals surface area contributed by atoms with Crippen molar-refractivity contribution in [3.63, 3.8) is 0 Å². The van der Waals surface area contributed by atoms with Gasteiger partial charge in [0.1, 0.15) is 0 Å². The summed E-state index contributed by atoms with van der Waals surface area (Å²) < 4.78 is 0. The van der Waals surface area contributed by atoms with Gasteiger partial charge in [0.05, 0.1) is 0 Å². The van der Waals surface area contributed by atoms with Gasteiger partial charge in [0.2, 0.25) is 0 Å². The molecule has 46 valence electrons. The van der Waals surface area contributed by atoms with Crippen LogP contribution in [-0.2, 0) is 0 Å². The third-order valence-electron chi connectivity index (χ3n) is 1.03. The van der Waals surface area contributed by atoms with E-state index in [-0.39, 0.29) is 0 Å². The third kappa shape index (κ3) is 2.50. The van der Waals surface area contributed by atoms with Gasteiger partial charge in [-0.3, -0.25) is 0 Å². The fraction of sp³-hybridized carbons (Fsp3) is 0.667. The Balaban J connectivity index is 3.66. The van der Waals surface area contributed by atoms with Crippen molar-refractivity contribution >= 4 is 12.4 Å². The molecular weight excluding hydrogens is 100 g/mol. The molecule has 0 spiro atoms. The first-order valence-corrected chi connectivity index (χ1v) is 2.86. The van der Waals surface area contributed by atoms with Crippen molar-refractivity contribution in [2.45, 2.75) is 26.7 Å². The fourth-order valence-corrected chi connectivity index (χ4v) is 0.491. The highest BCUT2D eigenvalue weighted by molar-refractivity contribution is 5.83. The van der Waals surface area contributed by atoms with Crippen LogP contribution in [0.2, 0.25) is 0 Å². The van der Waals surface area contributed by atoms with Crippen molar-refractivity contribution < 1.29 is 0 Å². The Labute approximate surface area is 50.3 Å². The Morgan fingerprint density at radius 1 is 1.38 bits per heavy atom. The van der Waals surface area contributed by atoms with Gasteiger partial charge in [-0.1, -0.05) is 13.8 Å². The van der Waals surface area contributed by atoms with Gasteiger partial charge < -0.3 is 0 Å². The molecule has 0 bridgehead atoms. The van der Waals surface area contributed by atoms with Crippen LogP contribution in [0, 0.1) is 0 Å². The minimum Gasteiger partial charge on any atom is -0.167 e. The largest absolute Gasteiger partial charge is 0.167 e. The van der Waals surface area contributed by atoms with Crippen LogP contribution in [0.5, 0.6) is 0 Å². The van der Waals surface area contributed by atoms with Gasteiger partial charge in [-0.2, -0.15) is 10.2 Å². The molecule has 0 saturated carbocycles. The summed E-state index contributed by atoms with van der Waals surface area (Å²) in [4.78, 5) is 0. The van der Waals surface area contributed by atoms with E-state index in [0.717, 1.165) is 18.6 Å². The first kappa shape index (κ1) is 7.34. The van der Waals surface area contributed by atoms with E-state index < -0.39 is 0 Å². The van der Waals surface area contributed by atoms with Crippen molar-refractivity contribution in [3.8, 4) is 0 Å². The van der Waals surface area contributed by atoms with Crippen LogP contribution in [-0.4, -0.2) is 12.4 Å². The molecule has 0 N–H and O–H groups in total. The lowest BCUT2D eigenvalue weighted by Gasteiger charge is -1.91. The second-order valence-electron chi connectivity index (χ2n) is 1.51. The highest BCUT2D eigenvalue weighted by Gasteiger charge is 1.86. The Morgan fingerprint density at radius 2 is 1.88 bits per heavy atom. The van der Waals surface area contributed by atoms with Gasteiger partial charge in [-0.05, 0) is 12.8 Å². The molecule has 2 heteroatoms. The fourth-order valence-electron chi connectivity index (χ4n) is 0.491. The second-order valence-corrected chi connectivity index (χ2v) is 1.51. The molecule has 0 aliphatic rings. The first-order chi connectivity index (χ1) is 3.85. The Bertz CT molecular complexity index is 88.7. The monoisotopic (exact) mass is 112 g/mol. The summed E-state index contributed by atoms with van der Waals surface area (Å²) in [5.74, 6) is 0. The minimum atomic E-state index is 0.982. The van der Waals surface area contributed by atoms with Crippen molar-refractivity contribution in [3.05, 3.63) is 0 Å². The van der Waals surface area contributed by atoms with Gasteiger partial charge in [0, 0.05) is 12.4 Å². The van der Waals surface area contributed by atoms with Crippen molar-refractivity contribution in [2.24, 2.45) is 10.2 Å². The summed E-state index contributed by atoms with van der Waals surface area (Å²) in [6.07, 6.45) is 1.96. The first-order valence-electron chi connectivity index (χ1n) is 2.86.